The van der Waals surface area contributed by atoms with E-state index in [4.69, 9.17) is 11.6 Å². The van der Waals surface area contributed by atoms with E-state index < -0.39 is 15.9 Å². The summed E-state index contributed by atoms with van der Waals surface area (Å²) in [5.41, 5.74) is 2.43. The van der Waals surface area contributed by atoms with Gasteiger partial charge in [-0.2, -0.15) is 0 Å². The average molecular weight is 607 g/mol. The third-order valence-electron chi connectivity index (χ3n) is 5.77. The number of carbonyl (C=O) groups is 2. The number of halogens is 2. The Bertz CT molecular complexity index is 1380. The molecule has 0 heterocycles. The van der Waals surface area contributed by atoms with Gasteiger partial charge in [0.05, 0.1) is 15.5 Å². The predicted molar refractivity (Wildman–Crippen MR) is 149 cm³/mol. The number of sulfonamides is 1. The van der Waals surface area contributed by atoms with Gasteiger partial charge in [0.1, 0.15) is 0 Å². The minimum atomic E-state index is -3.71. The zero-order valence-electron chi connectivity index (χ0n) is 21.0. The van der Waals surface area contributed by atoms with Crippen LogP contribution in [0, 0.1) is 0 Å². The van der Waals surface area contributed by atoms with Crippen molar-refractivity contribution in [1.82, 2.24) is 14.5 Å². The SMILES string of the molecule is CC(C)N(Cc1ccc(Br)cc1)C(=O)c1ccc(CNC(=O)c2cc(S(=O)(=O)N(C)C)ccc2Cl)cc1. The maximum Gasteiger partial charge on any atom is 0.254 e. The first-order valence-electron chi connectivity index (χ1n) is 11.5. The van der Waals surface area contributed by atoms with Gasteiger partial charge in [-0.3, -0.25) is 9.59 Å². The van der Waals surface area contributed by atoms with E-state index in [-0.39, 0.29) is 34.0 Å². The Morgan fingerprint density at radius 2 is 1.54 bits per heavy atom. The normalized spacial score (nSPS) is 11.6. The van der Waals surface area contributed by atoms with Gasteiger partial charge in [-0.25, -0.2) is 12.7 Å². The molecule has 0 aliphatic heterocycles. The zero-order chi connectivity index (χ0) is 27.3. The molecule has 10 heteroatoms. The van der Waals surface area contributed by atoms with E-state index in [2.05, 4.69) is 21.2 Å². The van der Waals surface area contributed by atoms with Crippen LogP contribution in [0.15, 0.2) is 76.1 Å². The molecule has 0 unspecified atom stereocenters. The molecule has 1 N–H and O–H groups in total. The lowest BCUT2D eigenvalue weighted by Crippen LogP contribution is -2.36. The number of carbonyl (C=O) groups excluding carboxylic acids is 2. The number of nitrogens with zero attached hydrogens (tertiary/aromatic N) is 2. The third kappa shape index (κ3) is 7.19. The second-order valence-electron chi connectivity index (χ2n) is 8.96. The van der Waals surface area contributed by atoms with E-state index in [1.54, 1.807) is 29.2 Å². The van der Waals surface area contributed by atoms with Crippen molar-refractivity contribution in [3.05, 3.63) is 98.5 Å². The van der Waals surface area contributed by atoms with Crippen LogP contribution in [0.2, 0.25) is 5.02 Å². The van der Waals surface area contributed by atoms with E-state index in [1.165, 1.54) is 32.3 Å². The van der Waals surface area contributed by atoms with Crippen molar-refractivity contribution in [3.8, 4) is 0 Å². The summed E-state index contributed by atoms with van der Waals surface area (Å²) >= 11 is 9.59. The van der Waals surface area contributed by atoms with Crippen molar-refractivity contribution in [3.63, 3.8) is 0 Å². The average Bonchev–Trinajstić information content (AvgIpc) is 2.86. The minimum absolute atomic E-state index is 0.00642. The third-order valence-corrected chi connectivity index (χ3v) is 8.43. The number of rotatable bonds is 9. The number of hydrogen-bond acceptors (Lipinski definition) is 4. The highest BCUT2D eigenvalue weighted by molar-refractivity contribution is 9.10. The Morgan fingerprint density at radius 1 is 0.946 bits per heavy atom. The summed E-state index contributed by atoms with van der Waals surface area (Å²) in [6, 6.07) is 18.9. The highest BCUT2D eigenvalue weighted by Gasteiger charge is 2.21. The predicted octanol–water partition coefficient (Wildman–Crippen LogP) is 5.33. The van der Waals surface area contributed by atoms with Gasteiger partial charge in [-0.1, -0.05) is 51.8 Å². The Hall–Kier alpha value is -2.72. The van der Waals surface area contributed by atoms with Crippen molar-refractivity contribution in [1.29, 1.82) is 0 Å². The van der Waals surface area contributed by atoms with Crippen LogP contribution in [0.3, 0.4) is 0 Å². The first kappa shape index (κ1) is 28.8. The van der Waals surface area contributed by atoms with Crippen LogP contribution in [-0.4, -0.2) is 49.6 Å². The molecule has 0 saturated heterocycles. The van der Waals surface area contributed by atoms with E-state index >= 15 is 0 Å². The van der Waals surface area contributed by atoms with Gasteiger partial charge in [0, 0.05) is 43.3 Å². The van der Waals surface area contributed by atoms with Crippen LogP contribution in [0.5, 0.6) is 0 Å². The summed E-state index contributed by atoms with van der Waals surface area (Å²) in [4.78, 5) is 27.7. The summed E-state index contributed by atoms with van der Waals surface area (Å²) in [7, 11) is -0.876. The molecule has 0 aliphatic carbocycles. The maximum atomic E-state index is 13.2. The number of nitrogens with one attached hydrogen (secondary N) is 1. The standard InChI is InChI=1S/C27H29BrClN3O4S/c1-18(2)32(17-20-7-11-22(28)12-8-20)27(34)21-9-5-19(6-10-21)16-30-26(33)24-15-23(13-14-25(24)29)37(35,36)31(3)4/h5-15,18H,16-17H2,1-4H3,(H,30,33). The molecule has 0 atom stereocenters. The number of benzene rings is 3. The molecule has 3 rings (SSSR count). The molecule has 0 aromatic heterocycles. The second kappa shape index (κ2) is 12.2. The molecule has 0 bridgehead atoms. The molecule has 3 aromatic rings. The van der Waals surface area contributed by atoms with Crippen molar-refractivity contribution < 1.29 is 18.0 Å². The van der Waals surface area contributed by atoms with Crippen molar-refractivity contribution in [2.24, 2.45) is 0 Å². The molecule has 196 valence electrons. The Labute approximate surface area is 231 Å². The summed E-state index contributed by atoms with van der Waals surface area (Å²) < 4.78 is 26.9. The summed E-state index contributed by atoms with van der Waals surface area (Å²) in [6.45, 7) is 4.63. The van der Waals surface area contributed by atoms with E-state index in [1.807, 2.05) is 38.1 Å². The Morgan fingerprint density at radius 3 is 2.11 bits per heavy atom. The monoisotopic (exact) mass is 605 g/mol. The fraction of sp³-hybridized carbons (Fsp3) is 0.259. The molecule has 37 heavy (non-hydrogen) atoms. The van der Waals surface area contributed by atoms with Crippen LogP contribution in [0.1, 0.15) is 45.7 Å². The van der Waals surface area contributed by atoms with Crippen molar-refractivity contribution in [2.75, 3.05) is 14.1 Å². The van der Waals surface area contributed by atoms with Crippen molar-refractivity contribution in [2.45, 2.75) is 37.9 Å². The van der Waals surface area contributed by atoms with Crippen LogP contribution in [0.25, 0.3) is 0 Å². The molecule has 7 nitrogen and oxygen atoms in total. The molecule has 0 radical (unpaired) electrons. The fourth-order valence-corrected chi connectivity index (χ4v) is 4.93. The second-order valence-corrected chi connectivity index (χ2v) is 12.4. The topological polar surface area (TPSA) is 86.8 Å². The van der Waals surface area contributed by atoms with Gasteiger partial charge < -0.3 is 10.2 Å². The Kier molecular flexibility index (Phi) is 9.52. The van der Waals surface area contributed by atoms with E-state index in [0.29, 0.717) is 12.1 Å². The molecular formula is C27H29BrClN3O4S. The Balaban J connectivity index is 1.69. The smallest absolute Gasteiger partial charge is 0.254 e. The molecule has 0 fully saturated rings. The van der Waals surface area contributed by atoms with Crippen LogP contribution >= 0.6 is 27.5 Å². The molecule has 0 spiro atoms. The van der Waals surface area contributed by atoms with Crippen LogP contribution < -0.4 is 5.32 Å². The van der Waals surface area contributed by atoms with Crippen LogP contribution in [-0.2, 0) is 23.1 Å². The van der Waals surface area contributed by atoms with Crippen molar-refractivity contribution >= 4 is 49.4 Å². The van der Waals surface area contributed by atoms with Gasteiger partial charge in [0.15, 0.2) is 0 Å². The highest BCUT2D eigenvalue weighted by atomic mass is 79.9. The summed E-state index contributed by atoms with van der Waals surface area (Å²) in [5.74, 6) is -0.583. The molecule has 0 saturated carbocycles. The zero-order valence-corrected chi connectivity index (χ0v) is 24.2. The molecule has 0 aliphatic rings. The summed E-state index contributed by atoms with van der Waals surface area (Å²) in [5, 5.41) is 2.91. The fourth-order valence-electron chi connectivity index (χ4n) is 3.53. The largest absolute Gasteiger partial charge is 0.348 e. The highest BCUT2D eigenvalue weighted by Crippen LogP contribution is 2.22. The maximum absolute atomic E-state index is 13.2. The van der Waals surface area contributed by atoms with Gasteiger partial charge >= 0.3 is 0 Å². The summed E-state index contributed by atoms with van der Waals surface area (Å²) in [6.07, 6.45) is 0. The van der Waals surface area contributed by atoms with E-state index in [0.717, 1.165) is 19.9 Å². The lowest BCUT2D eigenvalue weighted by atomic mass is 10.1. The molecule has 2 amide bonds. The van der Waals surface area contributed by atoms with Gasteiger partial charge in [0.2, 0.25) is 10.0 Å². The number of hydrogen-bond donors (Lipinski definition) is 1. The quantitative estimate of drug-likeness (QED) is 0.357. The van der Waals surface area contributed by atoms with Crippen LogP contribution in [0.4, 0.5) is 0 Å². The molecule has 3 aromatic carbocycles. The van der Waals surface area contributed by atoms with E-state index in [9.17, 15) is 18.0 Å². The number of amides is 2. The molecular weight excluding hydrogens is 578 g/mol. The van der Waals surface area contributed by atoms with Gasteiger partial charge in [-0.05, 0) is 67.4 Å². The first-order chi connectivity index (χ1) is 17.4. The van der Waals surface area contributed by atoms with Gasteiger partial charge in [-0.15, -0.1) is 0 Å². The first-order valence-corrected chi connectivity index (χ1v) is 14.2. The lowest BCUT2D eigenvalue weighted by molar-refractivity contribution is 0.0690. The lowest BCUT2D eigenvalue weighted by Gasteiger charge is -2.27. The minimum Gasteiger partial charge on any atom is -0.348 e. The van der Waals surface area contributed by atoms with Gasteiger partial charge in [0.25, 0.3) is 11.8 Å².